The van der Waals surface area contributed by atoms with Crippen molar-refractivity contribution >= 4 is 5.57 Å². The number of benzene rings is 2. The molecule has 0 saturated heterocycles. The number of likely N-dealkylation sites (N-methyl/N-ethyl adjacent to an activating group) is 1. The van der Waals surface area contributed by atoms with Crippen molar-refractivity contribution in [2.45, 2.75) is 41.0 Å². The number of allylic oxidation sites excluding steroid dienone is 5. The summed E-state index contributed by atoms with van der Waals surface area (Å²) in [5.41, 5.74) is 10.3. The molecule has 0 aromatic heterocycles. The summed E-state index contributed by atoms with van der Waals surface area (Å²) in [6, 6.07) is 17.4. The fourth-order valence-electron chi connectivity index (χ4n) is 3.85. The van der Waals surface area contributed by atoms with Gasteiger partial charge in [0.05, 0.1) is 0 Å². The number of aryl methyl sites for hydroxylation is 1. The molecule has 1 unspecified atom stereocenters. The fourth-order valence-corrected chi connectivity index (χ4v) is 3.85. The summed E-state index contributed by atoms with van der Waals surface area (Å²) in [6.07, 6.45) is 7.85. The van der Waals surface area contributed by atoms with E-state index >= 15 is 0 Å². The van der Waals surface area contributed by atoms with Crippen LogP contribution in [0.5, 0.6) is 0 Å². The van der Waals surface area contributed by atoms with Crippen molar-refractivity contribution in [3.63, 3.8) is 0 Å². The molecule has 0 saturated carbocycles. The van der Waals surface area contributed by atoms with Crippen LogP contribution >= 0.6 is 0 Å². The van der Waals surface area contributed by atoms with Gasteiger partial charge < -0.3 is 4.90 Å². The fraction of sp³-hybridized carbons (Fsp3) is 0.310. The summed E-state index contributed by atoms with van der Waals surface area (Å²) in [4.78, 5) is 2.16. The lowest BCUT2D eigenvalue weighted by atomic mass is 9.84. The SMILES string of the molecule is C=C1C(C)=C(/C=C\C(C)C(C)C)C(c2cccc(C)c2Cc2ccccc2)=CN1C. The number of hydrogen-bond donors (Lipinski definition) is 0. The molecule has 2 aromatic carbocycles. The second-order valence-electron chi connectivity index (χ2n) is 8.86. The summed E-state index contributed by atoms with van der Waals surface area (Å²) in [5.74, 6) is 1.15. The molecule has 156 valence electrons. The van der Waals surface area contributed by atoms with E-state index in [-0.39, 0.29) is 0 Å². The van der Waals surface area contributed by atoms with E-state index in [1.54, 1.807) is 0 Å². The van der Waals surface area contributed by atoms with E-state index in [2.05, 4.69) is 120 Å². The molecule has 3 rings (SSSR count). The minimum atomic E-state index is 0.528. The van der Waals surface area contributed by atoms with E-state index in [0.29, 0.717) is 11.8 Å². The molecule has 30 heavy (non-hydrogen) atoms. The molecule has 0 bridgehead atoms. The Bertz CT molecular complexity index is 1000. The van der Waals surface area contributed by atoms with E-state index in [1.807, 2.05) is 0 Å². The lowest BCUT2D eigenvalue weighted by Gasteiger charge is -2.29. The Kier molecular flexibility index (Phi) is 6.82. The summed E-state index contributed by atoms with van der Waals surface area (Å²) in [7, 11) is 2.09. The van der Waals surface area contributed by atoms with Crippen LogP contribution in [0.3, 0.4) is 0 Å². The molecule has 1 aliphatic heterocycles. The average Bonchev–Trinajstić information content (AvgIpc) is 2.73. The quantitative estimate of drug-likeness (QED) is 0.486. The predicted molar refractivity (Wildman–Crippen MR) is 131 cm³/mol. The van der Waals surface area contributed by atoms with Crippen molar-refractivity contribution in [2.24, 2.45) is 11.8 Å². The van der Waals surface area contributed by atoms with Gasteiger partial charge in [-0.2, -0.15) is 0 Å². The third-order valence-electron chi connectivity index (χ3n) is 6.42. The van der Waals surface area contributed by atoms with Gasteiger partial charge in [0.25, 0.3) is 0 Å². The van der Waals surface area contributed by atoms with Crippen LogP contribution in [0.4, 0.5) is 0 Å². The topological polar surface area (TPSA) is 3.24 Å². The monoisotopic (exact) mass is 397 g/mol. The largest absolute Gasteiger partial charge is 0.351 e. The first-order valence-corrected chi connectivity index (χ1v) is 11.0. The van der Waals surface area contributed by atoms with Crippen molar-refractivity contribution < 1.29 is 0 Å². The highest BCUT2D eigenvalue weighted by molar-refractivity contribution is 5.87. The molecule has 2 aromatic rings. The Morgan fingerprint density at radius 2 is 1.67 bits per heavy atom. The van der Waals surface area contributed by atoms with Crippen LogP contribution in [0, 0.1) is 18.8 Å². The van der Waals surface area contributed by atoms with Crippen molar-refractivity contribution in [2.75, 3.05) is 7.05 Å². The average molecular weight is 398 g/mol. The van der Waals surface area contributed by atoms with Crippen LogP contribution in [0.1, 0.15) is 49.9 Å². The van der Waals surface area contributed by atoms with Gasteiger partial charge in [0, 0.05) is 24.5 Å². The summed E-state index contributed by atoms with van der Waals surface area (Å²) in [5, 5.41) is 0. The maximum Gasteiger partial charge on any atom is 0.0366 e. The Balaban J connectivity index is 2.11. The molecule has 0 fully saturated rings. The number of rotatable bonds is 6. The molecule has 1 nitrogen and oxygen atoms in total. The van der Waals surface area contributed by atoms with Gasteiger partial charge in [0.1, 0.15) is 0 Å². The van der Waals surface area contributed by atoms with Crippen molar-refractivity contribution in [3.8, 4) is 0 Å². The highest BCUT2D eigenvalue weighted by atomic mass is 15.1. The molecule has 0 N–H and O–H groups in total. The van der Waals surface area contributed by atoms with Crippen LogP contribution in [0.2, 0.25) is 0 Å². The first kappa shape index (κ1) is 21.9. The molecular weight excluding hydrogens is 362 g/mol. The first-order chi connectivity index (χ1) is 14.3. The predicted octanol–water partition coefficient (Wildman–Crippen LogP) is 7.55. The maximum atomic E-state index is 4.31. The zero-order chi connectivity index (χ0) is 21.8. The highest BCUT2D eigenvalue weighted by Crippen LogP contribution is 2.38. The van der Waals surface area contributed by atoms with E-state index in [4.69, 9.17) is 0 Å². The summed E-state index contributed by atoms with van der Waals surface area (Å²) < 4.78 is 0. The van der Waals surface area contributed by atoms with Gasteiger partial charge in [-0.05, 0) is 65.5 Å². The van der Waals surface area contributed by atoms with Crippen LogP contribution in [0.15, 0.2) is 90.3 Å². The lowest BCUT2D eigenvalue weighted by Crippen LogP contribution is -2.18. The smallest absolute Gasteiger partial charge is 0.0366 e. The first-order valence-electron chi connectivity index (χ1n) is 11.0. The van der Waals surface area contributed by atoms with Gasteiger partial charge >= 0.3 is 0 Å². The van der Waals surface area contributed by atoms with Crippen LogP contribution in [-0.4, -0.2) is 11.9 Å². The van der Waals surface area contributed by atoms with Crippen LogP contribution in [-0.2, 0) is 6.42 Å². The molecule has 0 aliphatic carbocycles. The van der Waals surface area contributed by atoms with Gasteiger partial charge in [-0.3, -0.25) is 0 Å². The molecule has 1 atom stereocenters. The molecule has 0 amide bonds. The van der Waals surface area contributed by atoms with E-state index in [1.165, 1.54) is 39.0 Å². The third-order valence-corrected chi connectivity index (χ3v) is 6.42. The highest BCUT2D eigenvalue weighted by Gasteiger charge is 2.21. The third kappa shape index (κ3) is 4.67. The lowest BCUT2D eigenvalue weighted by molar-refractivity contribution is 0.504. The maximum absolute atomic E-state index is 4.31. The van der Waals surface area contributed by atoms with Gasteiger partial charge in [0.2, 0.25) is 0 Å². The van der Waals surface area contributed by atoms with E-state index < -0.39 is 0 Å². The van der Waals surface area contributed by atoms with Crippen LogP contribution in [0.25, 0.3) is 5.57 Å². The molecule has 0 radical (unpaired) electrons. The van der Waals surface area contributed by atoms with E-state index in [9.17, 15) is 0 Å². The molecular formula is C29H35N. The molecule has 0 spiro atoms. The normalized spacial score (nSPS) is 15.9. The Hall–Kier alpha value is -2.80. The van der Waals surface area contributed by atoms with Gasteiger partial charge in [0.15, 0.2) is 0 Å². The standard InChI is InChI=1S/C29H35N/c1-20(2)21(3)16-17-26-23(5)24(6)30(7)19-29(26)27-15-11-12-22(4)28(27)18-25-13-9-8-10-14-25/h8-17,19-21H,6,18H2,1-5,7H3/b17-16-. The Morgan fingerprint density at radius 3 is 2.33 bits per heavy atom. The number of hydrogen-bond acceptors (Lipinski definition) is 1. The minimum absolute atomic E-state index is 0.528. The molecule has 1 heterocycles. The van der Waals surface area contributed by atoms with Crippen molar-refractivity contribution in [1.82, 2.24) is 4.90 Å². The summed E-state index contributed by atoms with van der Waals surface area (Å²) in [6.45, 7) is 15.6. The Labute approximate surface area is 183 Å². The van der Waals surface area contributed by atoms with E-state index in [0.717, 1.165) is 12.1 Å². The van der Waals surface area contributed by atoms with Crippen LogP contribution < -0.4 is 0 Å². The summed E-state index contributed by atoms with van der Waals surface area (Å²) >= 11 is 0. The number of nitrogens with zero attached hydrogens (tertiary/aromatic N) is 1. The van der Waals surface area contributed by atoms with Crippen molar-refractivity contribution in [3.05, 3.63) is 113 Å². The minimum Gasteiger partial charge on any atom is -0.351 e. The second kappa shape index (κ2) is 9.34. The molecule has 1 aliphatic rings. The van der Waals surface area contributed by atoms with Gasteiger partial charge in [-0.1, -0.05) is 88.0 Å². The zero-order valence-electron chi connectivity index (χ0n) is 19.4. The second-order valence-corrected chi connectivity index (χ2v) is 8.86. The molecule has 1 heteroatoms. The van der Waals surface area contributed by atoms with Crippen molar-refractivity contribution in [1.29, 1.82) is 0 Å². The Morgan fingerprint density at radius 1 is 0.967 bits per heavy atom. The van der Waals surface area contributed by atoms with Gasteiger partial charge in [-0.15, -0.1) is 0 Å². The zero-order valence-corrected chi connectivity index (χ0v) is 19.4. The van der Waals surface area contributed by atoms with Gasteiger partial charge in [-0.25, -0.2) is 0 Å².